The van der Waals surface area contributed by atoms with E-state index in [4.69, 9.17) is 10.5 Å². The Morgan fingerprint density at radius 3 is 2.87 bits per heavy atom. The van der Waals surface area contributed by atoms with Crippen molar-refractivity contribution >= 4 is 6.09 Å². The first-order valence-electron chi connectivity index (χ1n) is 4.83. The third-order valence-electron chi connectivity index (χ3n) is 1.97. The van der Waals surface area contributed by atoms with Gasteiger partial charge in [0.15, 0.2) is 0 Å². The number of nitrogens with two attached hydrogens (primary N) is 1. The molecule has 0 unspecified atom stereocenters. The summed E-state index contributed by atoms with van der Waals surface area (Å²) in [6, 6.07) is 7.36. The van der Waals surface area contributed by atoms with Gasteiger partial charge in [-0.05, 0) is 24.6 Å². The van der Waals surface area contributed by atoms with Crippen molar-refractivity contribution in [3.05, 3.63) is 29.8 Å². The minimum absolute atomic E-state index is 0.383. The predicted octanol–water partition coefficient (Wildman–Crippen LogP) is 1.38. The zero-order chi connectivity index (χ0) is 11.3. The molecular formula is C11H16N2O2. The van der Waals surface area contributed by atoms with Crippen LogP contribution in [0.2, 0.25) is 0 Å². The molecule has 0 saturated carbocycles. The van der Waals surface area contributed by atoms with Crippen molar-refractivity contribution in [2.45, 2.75) is 6.92 Å². The molecule has 0 saturated heterocycles. The van der Waals surface area contributed by atoms with Crippen molar-refractivity contribution in [1.82, 2.24) is 4.90 Å². The van der Waals surface area contributed by atoms with Gasteiger partial charge in [0.1, 0.15) is 5.75 Å². The van der Waals surface area contributed by atoms with Gasteiger partial charge in [-0.2, -0.15) is 0 Å². The fourth-order valence-electron chi connectivity index (χ4n) is 1.14. The second-order valence-electron chi connectivity index (χ2n) is 3.39. The number of aryl methyl sites for hydroxylation is 1. The highest BCUT2D eigenvalue weighted by Crippen LogP contribution is 2.13. The average molecular weight is 208 g/mol. The van der Waals surface area contributed by atoms with Crippen molar-refractivity contribution in [2.24, 2.45) is 5.73 Å². The number of benzene rings is 1. The molecule has 0 radical (unpaired) electrons. The molecule has 0 atom stereocenters. The lowest BCUT2D eigenvalue weighted by atomic mass is 10.2. The van der Waals surface area contributed by atoms with E-state index in [1.807, 2.05) is 25.1 Å². The molecule has 0 heterocycles. The number of ether oxygens (including phenoxy) is 1. The van der Waals surface area contributed by atoms with Crippen LogP contribution in [-0.2, 0) is 0 Å². The average Bonchev–Trinajstić information content (AvgIpc) is 2.18. The fourth-order valence-corrected chi connectivity index (χ4v) is 1.14. The summed E-state index contributed by atoms with van der Waals surface area (Å²) in [5, 5.41) is 0. The van der Waals surface area contributed by atoms with Gasteiger partial charge in [0.2, 0.25) is 0 Å². The van der Waals surface area contributed by atoms with Gasteiger partial charge in [-0.1, -0.05) is 12.1 Å². The molecule has 4 heteroatoms. The lowest BCUT2D eigenvalue weighted by molar-refractivity contribution is 0.164. The van der Waals surface area contributed by atoms with Gasteiger partial charge in [-0.25, -0.2) is 4.79 Å². The van der Waals surface area contributed by atoms with E-state index in [2.05, 4.69) is 0 Å². The van der Waals surface area contributed by atoms with Crippen LogP contribution in [0.5, 0.6) is 5.75 Å². The van der Waals surface area contributed by atoms with E-state index in [-0.39, 0.29) is 6.09 Å². The second kappa shape index (κ2) is 5.36. The SMILES string of the molecule is Cc1cccc(OC(=O)N(C)CCN)c1. The number of carbonyl (C=O) groups excluding carboxylic acids is 1. The molecule has 15 heavy (non-hydrogen) atoms. The Morgan fingerprint density at radius 2 is 2.27 bits per heavy atom. The molecule has 0 aromatic heterocycles. The summed E-state index contributed by atoms with van der Waals surface area (Å²) in [7, 11) is 1.66. The first-order valence-corrected chi connectivity index (χ1v) is 4.83. The van der Waals surface area contributed by atoms with E-state index in [0.29, 0.717) is 18.8 Å². The molecule has 82 valence electrons. The highest BCUT2D eigenvalue weighted by molar-refractivity contribution is 5.70. The van der Waals surface area contributed by atoms with Crippen LogP contribution in [-0.4, -0.2) is 31.1 Å². The van der Waals surface area contributed by atoms with Crippen LogP contribution < -0.4 is 10.5 Å². The molecule has 1 amide bonds. The van der Waals surface area contributed by atoms with Crippen LogP contribution in [0.25, 0.3) is 0 Å². The van der Waals surface area contributed by atoms with Gasteiger partial charge >= 0.3 is 6.09 Å². The Kier molecular flexibility index (Phi) is 4.12. The van der Waals surface area contributed by atoms with Crippen molar-refractivity contribution in [2.75, 3.05) is 20.1 Å². The second-order valence-corrected chi connectivity index (χ2v) is 3.39. The first-order chi connectivity index (χ1) is 7.13. The molecule has 0 aliphatic rings. The van der Waals surface area contributed by atoms with Gasteiger partial charge in [0.25, 0.3) is 0 Å². The molecule has 0 fully saturated rings. The number of amides is 1. The maximum absolute atomic E-state index is 11.5. The maximum Gasteiger partial charge on any atom is 0.415 e. The third kappa shape index (κ3) is 3.59. The van der Waals surface area contributed by atoms with Crippen molar-refractivity contribution in [1.29, 1.82) is 0 Å². The Morgan fingerprint density at radius 1 is 1.53 bits per heavy atom. The summed E-state index contributed by atoms with van der Waals surface area (Å²) < 4.78 is 5.14. The number of carbonyl (C=O) groups is 1. The number of rotatable bonds is 3. The Balaban J connectivity index is 2.58. The van der Waals surface area contributed by atoms with Gasteiger partial charge in [-0.15, -0.1) is 0 Å². The lowest BCUT2D eigenvalue weighted by Gasteiger charge is -2.15. The lowest BCUT2D eigenvalue weighted by Crippen LogP contribution is -2.33. The summed E-state index contributed by atoms with van der Waals surface area (Å²) in [4.78, 5) is 12.9. The molecule has 1 aromatic rings. The van der Waals surface area contributed by atoms with Crippen molar-refractivity contribution in [3.8, 4) is 5.75 Å². The van der Waals surface area contributed by atoms with Crippen LogP contribution in [0.15, 0.2) is 24.3 Å². The van der Waals surface area contributed by atoms with Crippen LogP contribution >= 0.6 is 0 Å². The van der Waals surface area contributed by atoms with Gasteiger partial charge in [-0.3, -0.25) is 0 Å². The highest BCUT2D eigenvalue weighted by Gasteiger charge is 2.09. The summed E-state index contributed by atoms with van der Waals surface area (Å²) in [6.45, 7) is 2.87. The van der Waals surface area contributed by atoms with Gasteiger partial charge in [0, 0.05) is 20.1 Å². The topological polar surface area (TPSA) is 55.6 Å². The minimum Gasteiger partial charge on any atom is -0.410 e. The minimum atomic E-state index is -0.383. The molecule has 0 bridgehead atoms. The first kappa shape index (κ1) is 11.5. The largest absolute Gasteiger partial charge is 0.415 e. The number of hydrogen-bond donors (Lipinski definition) is 1. The van der Waals surface area contributed by atoms with Crippen LogP contribution in [0, 0.1) is 6.92 Å². The Hall–Kier alpha value is -1.55. The standard InChI is InChI=1S/C11H16N2O2/c1-9-4-3-5-10(8-9)15-11(14)13(2)7-6-12/h3-5,8H,6-7,12H2,1-2H3. The third-order valence-corrected chi connectivity index (χ3v) is 1.97. The van der Waals surface area contributed by atoms with E-state index < -0.39 is 0 Å². The molecule has 2 N–H and O–H groups in total. The number of nitrogens with zero attached hydrogens (tertiary/aromatic N) is 1. The number of likely N-dealkylation sites (N-methyl/N-ethyl adjacent to an activating group) is 1. The zero-order valence-corrected chi connectivity index (χ0v) is 9.06. The summed E-state index contributed by atoms with van der Waals surface area (Å²) in [5.41, 5.74) is 6.39. The van der Waals surface area contributed by atoms with Gasteiger partial charge < -0.3 is 15.4 Å². The monoisotopic (exact) mass is 208 g/mol. The van der Waals surface area contributed by atoms with Crippen LogP contribution in [0.1, 0.15) is 5.56 Å². The zero-order valence-electron chi connectivity index (χ0n) is 9.06. The molecule has 1 rings (SSSR count). The Labute approximate surface area is 89.6 Å². The van der Waals surface area contributed by atoms with Crippen molar-refractivity contribution < 1.29 is 9.53 Å². The van der Waals surface area contributed by atoms with Crippen molar-refractivity contribution in [3.63, 3.8) is 0 Å². The molecule has 0 spiro atoms. The van der Waals surface area contributed by atoms with E-state index >= 15 is 0 Å². The van der Waals surface area contributed by atoms with Gasteiger partial charge in [0.05, 0.1) is 0 Å². The van der Waals surface area contributed by atoms with Crippen LogP contribution in [0.4, 0.5) is 4.79 Å². The quantitative estimate of drug-likeness (QED) is 0.816. The summed E-state index contributed by atoms with van der Waals surface area (Å²) in [6.07, 6.45) is -0.383. The molecule has 1 aromatic carbocycles. The molecule has 4 nitrogen and oxygen atoms in total. The molecular weight excluding hydrogens is 192 g/mol. The smallest absolute Gasteiger partial charge is 0.410 e. The highest BCUT2D eigenvalue weighted by atomic mass is 16.6. The summed E-state index contributed by atoms with van der Waals surface area (Å²) >= 11 is 0. The molecule has 0 aliphatic carbocycles. The predicted molar refractivity (Wildman–Crippen MR) is 58.9 cm³/mol. The van der Waals surface area contributed by atoms with Crippen LogP contribution in [0.3, 0.4) is 0 Å². The van der Waals surface area contributed by atoms with E-state index in [0.717, 1.165) is 5.56 Å². The van der Waals surface area contributed by atoms with E-state index in [1.54, 1.807) is 13.1 Å². The summed E-state index contributed by atoms with van der Waals surface area (Å²) in [5.74, 6) is 0.559. The van der Waals surface area contributed by atoms with E-state index in [9.17, 15) is 4.79 Å². The molecule has 0 aliphatic heterocycles. The normalized spacial score (nSPS) is 9.80. The maximum atomic E-state index is 11.5. The Bertz CT molecular complexity index is 339. The van der Waals surface area contributed by atoms with E-state index in [1.165, 1.54) is 4.90 Å². The number of hydrogen-bond acceptors (Lipinski definition) is 3. The fraction of sp³-hybridized carbons (Fsp3) is 0.364.